The van der Waals surface area contributed by atoms with E-state index in [4.69, 9.17) is 13.9 Å². The number of piperidine rings is 1. The molecule has 1 fully saturated rings. The molecule has 4 rings (SSSR count). The number of esters is 1. The summed E-state index contributed by atoms with van der Waals surface area (Å²) in [5.74, 6) is 0.118. The molecule has 0 atom stereocenters. The molecular weight excluding hydrogens is 510 g/mol. The first-order valence-corrected chi connectivity index (χ1v) is 15.8. The van der Waals surface area contributed by atoms with Gasteiger partial charge in [0.1, 0.15) is 5.82 Å². The van der Waals surface area contributed by atoms with Crippen LogP contribution in [0.5, 0.6) is 0 Å². The normalized spacial score (nSPS) is 15.3. The first-order chi connectivity index (χ1) is 18.3. The lowest BCUT2D eigenvalue weighted by molar-refractivity contribution is 0.0599. The van der Waals surface area contributed by atoms with E-state index >= 15 is 0 Å². The minimum Gasteiger partial charge on any atom is -0.465 e. The van der Waals surface area contributed by atoms with E-state index in [1.807, 2.05) is 50.2 Å². The summed E-state index contributed by atoms with van der Waals surface area (Å²) in [5.41, 5.74) is 3.92. The lowest BCUT2D eigenvalue weighted by atomic mass is 10.0. The Morgan fingerprint density at radius 1 is 1.03 bits per heavy atom. The van der Waals surface area contributed by atoms with Gasteiger partial charge in [-0.05, 0) is 68.5 Å². The quantitative estimate of drug-likeness (QED) is 0.345. The zero-order chi connectivity index (χ0) is 28.5. The summed E-state index contributed by atoms with van der Waals surface area (Å²) in [5, 5.41) is 3.86. The summed E-state index contributed by atoms with van der Waals surface area (Å²) in [6, 6.07) is 13.1. The molecule has 1 saturated heterocycles. The minimum atomic E-state index is -1.19. The monoisotopic (exact) mass is 551 g/mol. The maximum Gasteiger partial charge on any atom is 0.338 e. The zero-order valence-corrected chi connectivity index (χ0v) is 25.2. The van der Waals surface area contributed by atoms with Gasteiger partial charge in [0.15, 0.2) is 0 Å². The summed E-state index contributed by atoms with van der Waals surface area (Å²) in [7, 11) is 0.164. The van der Waals surface area contributed by atoms with Crippen molar-refractivity contribution in [3.05, 3.63) is 64.7 Å². The molecule has 2 heterocycles. The largest absolute Gasteiger partial charge is 0.465 e. The molecule has 1 N–H and O–H groups in total. The van der Waals surface area contributed by atoms with E-state index in [9.17, 15) is 9.59 Å². The number of nitrogens with zero attached hydrogens (tertiary/aromatic N) is 2. The van der Waals surface area contributed by atoms with Gasteiger partial charge in [-0.3, -0.25) is 4.79 Å². The Morgan fingerprint density at radius 3 is 2.33 bits per heavy atom. The molecule has 0 spiro atoms. The number of hydrogen-bond donors (Lipinski definition) is 1. The van der Waals surface area contributed by atoms with Gasteiger partial charge in [0.2, 0.25) is 0 Å². The second-order valence-corrected chi connectivity index (χ2v) is 15.4. The van der Waals surface area contributed by atoms with Gasteiger partial charge in [-0.15, -0.1) is 10.3 Å². The van der Waals surface area contributed by atoms with Gasteiger partial charge in [0.25, 0.3) is 5.91 Å². The lowest BCUT2D eigenvalue weighted by Crippen LogP contribution is -2.39. The molecule has 1 aliphatic rings. The first kappa shape index (κ1) is 28.9. The Balaban J connectivity index is 1.60. The Labute approximate surface area is 233 Å². The van der Waals surface area contributed by atoms with Crippen LogP contribution in [0.4, 0.5) is 11.5 Å². The Bertz CT molecular complexity index is 1390. The van der Waals surface area contributed by atoms with Gasteiger partial charge in [-0.2, -0.15) is 0 Å². The highest BCUT2D eigenvalue weighted by molar-refractivity contribution is 8.29. The van der Waals surface area contributed by atoms with Crippen LogP contribution in [-0.4, -0.2) is 60.4 Å². The van der Waals surface area contributed by atoms with Crippen LogP contribution in [0.15, 0.2) is 42.5 Å². The number of ether oxygens (including phenoxy) is 1. The van der Waals surface area contributed by atoms with E-state index in [-0.39, 0.29) is 16.8 Å². The van der Waals surface area contributed by atoms with Crippen LogP contribution in [-0.2, 0) is 8.92 Å². The number of anilines is 2. The van der Waals surface area contributed by atoms with Crippen molar-refractivity contribution in [2.24, 2.45) is 0 Å². The number of hydrogen-bond acceptors (Lipinski definition) is 6. The molecule has 3 aromatic rings. The van der Waals surface area contributed by atoms with Crippen molar-refractivity contribution < 1.29 is 18.5 Å². The fourth-order valence-electron chi connectivity index (χ4n) is 4.73. The fourth-order valence-corrected chi connectivity index (χ4v) is 5.89. The lowest BCUT2D eigenvalue weighted by Gasteiger charge is -2.47. The second kappa shape index (κ2) is 11.2. The van der Waals surface area contributed by atoms with Gasteiger partial charge in [0, 0.05) is 28.9 Å². The Kier molecular flexibility index (Phi) is 8.28. The Hall–Kier alpha value is -3.10. The number of fused-ring (bicyclic) bond motifs is 1. The second-order valence-electron chi connectivity index (χ2n) is 11.5. The van der Waals surface area contributed by atoms with Gasteiger partial charge in [-0.1, -0.05) is 45.0 Å². The van der Waals surface area contributed by atoms with E-state index in [2.05, 4.69) is 43.5 Å². The number of carbonyl (C=O) groups excluding carboxylic acids is 2. The van der Waals surface area contributed by atoms with E-state index < -0.39 is 16.3 Å². The number of carbonyl (C=O) groups is 2. The average molecular weight is 552 g/mol. The summed E-state index contributed by atoms with van der Waals surface area (Å²) >= 11 is 0. The van der Waals surface area contributed by atoms with E-state index in [1.165, 1.54) is 7.11 Å². The van der Waals surface area contributed by atoms with Gasteiger partial charge >= 0.3 is 5.97 Å². The smallest absolute Gasteiger partial charge is 0.338 e. The molecule has 2 aromatic carbocycles. The molecule has 39 heavy (non-hydrogen) atoms. The van der Waals surface area contributed by atoms with Crippen LogP contribution in [0.2, 0.25) is 0 Å². The molecule has 210 valence electrons. The van der Waals surface area contributed by atoms with Crippen molar-refractivity contribution in [2.75, 3.05) is 42.9 Å². The third-order valence-electron chi connectivity index (χ3n) is 7.88. The molecule has 0 radical (unpaired) electrons. The molecule has 0 unspecified atom stereocenters. The number of methoxy groups -OCH3 is 1. The number of rotatable bonds is 6. The van der Waals surface area contributed by atoms with E-state index in [0.717, 1.165) is 48.2 Å². The van der Waals surface area contributed by atoms with Gasteiger partial charge in [0.05, 0.1) is 29.9 Å². The standard InChI is InChI=1S/C31H41N3O4S/c1-20-13-14-23(30(36)37-6)21(2)28(20)33-29(35)25-19-27(32-26-12-10-9-11-24(25)26)34-17-15-22(16-18-34)38-39(7,8)31(3,4)5/h9-14,19,22H,15-18H2,1-8H3,(H,33,35). The molecular formula is C31H41N3O4S. The van der Waals surface area contributed by atoms with Crippen LogP contribution in [0.3, 0.4) is 0 Å². The highest BCUT2D eigenvalue weighted by atomic mass is 32.3. The number of aryl methyl sites for hydroxylation is 1. The first-order valence-electron chi connectivity index (χ1n) is 13.4. The van der Waals surface area contributed by atoms with Crippen LogP contribution in [0, 0.1) is 13.8 Å². The number of benzene rings is 2. The summed E-state index contributed by atoms with van der Waals surface area (Å²) in [6.07, 6.45) is 6.56. The predicted octanol–water partition coefficient (Wildman–Crippen LogP) is 6.65. The average Bonchev–Trinajstić information content (AvgIpc) is 2.89. The van der Waals surface area contributed by atoms with Crippen molar-refractivity contribution >= 4 is 44.6 Å². The molecule has 1 aliphatic heterocycles. The number of nitrogens with one attached hydrogen (secondary N) is 1. The molecule has 1 aromatic heterocycles. The van der Waals surface area contributed by atoms with Gasteiger partial charge in [-0.25, -0.2) is 9.78 Å². The van der Waals surface area contributed by atoms with Crippen LogP contribution in [0.1, 0.15) is 65.5 Å². The number of para-hydroxylation sites is 1. The van der Waals surface area contributed by atoms with Crippen molar-refractivity contribution in [1.29, 1.82) is 0 Å². The molecule has 0 aliphatic carbocycles. The van der Waals surface area contributed by atoms with Crippen LogP contribution in [0.25, 0.3) is 10.9 Å². The highest BCUT2D eigenvalue weighted by Gasteiger charge is 2.33. The molecule has 0 bridgehead atoms. The fraction of sp³-hybridized carbons (Fsp3) is 0.452. The van der Waals surface area contributed by atoms with Crippen LogP contribution >= 0.6 is 10.3 Å². The maximum absolute atomic E-state index is 13.7. The summed E-state index contributed by atoms with van der Waals surface area (Å²) in [6.45, 7) is 12.1. The van der Waals surface area contributed by atoms with Crippen molar-refractivity contribution in [3.63, 3.8) is 0 Å². The van der Waals surface area contributed by atoms with E-state index in [1.54, 1.807) is 6.07 Å². The molecule has 0 saturated carbocycles. The zero-order valence-electron chi connectivity index (χ0n) is 24.4. The minimum absolute atomic E-state index is 0.124. The molecule has 1 amide bonds. The topological polar surface area (TPSA) is 80.8 Å². The highest BCUT2D eigenvalue weighted by Crippen LogP contribution is 2.55. The predicted molar refractivity (Wildman–Crippen MR) is 162 cm³/mol. The number of aromatic nitrogens is 1. The summed E-state index contributed by atoms with van der Waals surface area (Å²) in [4.78, 5) is 33.1. The SMILES string of the molecule is COC(=O)c1ccc(C)c(NC(=O)c2cc(N3CCC(OS(C)(C)C(C)(C)C)CC3)nc3ccccc23)c1C. The number of amides is 1. The van der Waals surface area contributed by atoms with Crippen LogP contribution < -0.4 is 10.2 Å². The Morgan fingerprint density at radius 2 is 1.69 bits per heavy atom. The van der Waals surface area contributed by atoms with Crippen molar-refractivity contribution in [1.82, 2.24) is 4.98 Å². The summed E-state index contributed by atoms with van der Waals surface area (Å²) < 4.78 is 11.7. The molecule has 7 nitrogen and oxygen atoms in total. The maximum atomic E-state index is 13.7. The third kappa shape index (κ3) is 6.07. The van der Waals surface area contributed by atoms with E-state index in [0.29, 0.717) is 22.4 Å². The van der Waals surface area contributed by atoms with Gasteiger partial charge < -0.3 is 19.1 Å². The molecule has 8 heteroatoms. The van der Waals surface area contributed by atoms with Crippen molar-refractivity contribution in [2.45, 2.75) is 58.3 Å². The number of pyridine rings is 1. The van der Waals surface area contributed by atoms with Crippen molar-refractivity contribution in [3.8, 4) is 0 Å². The third-order valence-corrected chi connectivity index (χ3v) is 11.6.